The van der Waals surface area contributed by atoms with Crippen molar-refractivity contribution in [1.29, 1.82) is 0 Å². The van der Waals surface area contributed by atoms with Gasteiger partial charge in [-0.3, -0.25) is 19.8 Å². The molecule has 0 unspecified atom stereocenters. The maximum Gasteiger partial charge on any atom is 0.256 e. The number of rotatable bonds is 5. The molecule has 4 atom stereocenters. The van der Waals surface area contributed by atoms with Crippen molar-refractivity contribution >= 4 is 27.5 Å². The zero-order valence-corrected chi connectivity index (χ0v) is 20.5. The van der Waals surface area contributed by atoms with Crippen molar-refractivity contribution in [2.24, 2.45) is 0 Å². The number of hydrogen-bond donors (Lipinski definition) is 1. The van der Waals surface area contributed by atoms with Crippen molar-refractivity contribution in [2.45, 2.75) is 43.0 Å². The number of nitrogens with one attached hydrogen (secondary N) is 1. The number of benzene rings is 3. The average molecular weight is 534 g/mol. The van der Waals surface area contributed by atoms with Crippen LogP contribution >= 0.6 is 15.9 Å². The smallest absolute Gasteiger partial charge is 0.256 e. The van der Waals surface area contributed by atoms with E-state index in [9.17, 15) is 14.9 Å². The highest BCUT2D eigenvalue weighted by atomic mass is 79.9. The van der Waals surface area contributed by atoms with Crippen LogP contribution in [0.5, 0.6) is 5.75 Å². The van der Waals surface area contributed by atoms with Crippen LogP contribution in [-0.2, 0) is 16.9 Å². The largest absolute Gasteiger partial charge is 0.489 e. The molecule has 178 valence electrons. The van der Waals surface area contributed by atoms with Crippen LogP contribution in [0.3, 0.4) is 0 Å². The third kappa shape index (κ3) is 3.31. The molecule has 0 aromatic heterocycles. The molecule has 8 heteroatoms. The summed E-state index contributed by atoms with van der Waals surface area (Å²) in [5.74, 6) is -0.156. The van der Waals surface area contributed by atoms with E-state index in [-0.39, 0.29) is 16.9 Å². The first-order chi connectivity index (χ1) is 17.0. The van der Waals surface area contributed by atoms with Crippen molar-refractivity contribution in [3.63, 3.8) is 0 Å². The number of amides is 1. The second-order valence-electron chi connectivity index (χ2n) is 9.38. The van der Waals surface area contributed by atoms with E-state index in [0.29, 0.717) is 30.2 Å². The van der Waals surface area contributed by atoms with Crippen molar-refractivity contribution in [1.82, 2.24) is 4.90 Å². The molecule has 0 saturated carbocycles. The average Bonchev–Trinajstić information content (AvgIpc) is 3.52. The standard InChI is InChI=1S/C27H24BrN3O4/c28-18-13-11-17(12-14-18)16-35-23-10-4-1-6-19(23)24-22-9-5-15-30(22)27(25(24)31(33)34)20-7-2-3-8-21(20)29-26(27)32/h1-4,6-8,10-14,22,24-25H,5,9,15-16H2,(H,29,32)/t22-,24-,25+,27-/m0/s1. The first kappa shape index (κ1) is 22.2. The van der Waals surface area contributed by atoms with Crippen LogP contribution < -0.4 is 10.1 Å². The van der Waals surface area contributed by atoms with Gasteiger partial charge in [0.1, 0.15) is 12.4 Å². The quantitative estimate of drug-likeness (QED) is 0.365. The Morgan fingerprint density at radius 2 is 1.83 bits per heavy atom. The van der Waals surface area contributed by atoms with Gasteiger partial charge in [0.15, 0.2) is 5.54 Å². The molecule has 6 rings (SSSR count). The molecule has 3 aliphatic rings. The van der Waals surface area contributed by atoms with Gasteiger partial charge in [0.25, 0.3) is 11.9 Å². The molecule has 3 aliphatic heterocycles. The third-order valence-electron chi connectivity index (χ3n) is 7.68. The molecule has 2 saturated heterocycles. The SMILES string of the molecule is O=C1Nc2ccccc2[C@]12[C@H]([N+](=O)[O-])[C@@H](c1ccccc1OCc1ccc(Br)cc1)[C@@H]1CCCN12. The van der Waals surface area contributed by atoms with Crippen LogP contribution in [0.15, 0.2) is 77.3 Å². The fourth-order valence-corrected chi connectivity index (χ4v) is 6.64. The Morgan fingerprint density at radius 1 is 1.09 bits per heavy atom. The molecule has 2 fully saturated rings. The van der Waals surface area contributed by atoms with Crippen LogP contribution in [0.25, 0.3) is 0 Å². The lowest BCUT2D eigenvalue weighted by atomic mass is 9.77. The van der Waals surface area contributed by atoms with Gasteiger partial charge in [-0.1, -0.05) is 64.5 Å². The van der Waals surface area contributed by atoms with Crippen LogP contribution in [0.2, 0.25) is 0 Å². The minimum Gasteiger partial charge on any atom is -0.489 e. The van der Waals surface area contributed by atoms with E-state index in [1.807, 2.05) is 72.8 Å². The summed E-state index contributed by atoms with van der Waals surface area (Å²) in [4.78, 5) is 28.3. The summed E-state index contributed by atoms with van der Waals surface area (Å²) in [6.45, 7) is 0.998. The van der Waals surface area contributed by atoms with E-state index in [2.05, 4.69) is 26.1 Å². The zero-order valence-electron chi connectivity index (χ0n) is 18.9. The number of carbonyl (C=O) groups is 1. The topological polar surface area (TPSA) is 84.7 Å². The van der Waals surface area contributed by atoms with Crippen molar-refractivity contribution < 1.29 is 14.5 Å². The summed E-state index contributed by atoms with van der Waals surface area (Å²) in [5.41, 5.74) is 1.83. The van der Waals surface area contributed by atoms with Crippen LogP contribution in [0.1, 0.15) is 35.4 Å². The van der Waals surface area contributed by atoms with Gasteiger partial charge in [-0.2, -0.15) is 0 Å². The number of fused-ring (bicyclic) bond motifs is 4. The molecule has 3 aromatic rings. The van der Waals surface area contributed by atoms with Crippen molar-refractivity contribution in [3.8, 4) is 5.75 Å². The normalized spacial score (nSPS) is 27.0. The fraction of sp³-hybridized carbons (Fsp3) is 0.296. The van der Waals surface area contributed by atoms with Gasteiger partial charge < -0.3 is 10.1 Å². The number of halogens is 1. The summed E-state index contributed by atoms with van der Waals surface area (Å²) in [6.07, 6.45) is 1.69. The second kappa shape index (κ2) is 8.46. The van der Waals surface area contributed by atoms with Crippen LogP contribution in [-0.4, -0.2) is 34.4 Å². The fourth-order valence-electron chi connectivity index (χ4n) is 6.38. The Morgan fingerprint density at radius 3 is 2.63 bits per heavy atom. The predicted molar refractivity (Wildman–Crippen MR) is 135 cm³/mol. The Bertz CT molecular complexity index is 1310. The molecule has 0 aliphatic carbocycles. The van der Waals surface area contributed by atoms with Crippen molar-refractivity contribution in [2.75, 3.05) is 11.9 Å². The maximum atomic E-state index is 13.6. The lowest BCUT2D eigenvalue weighted by molar-refractivity contribution is -0.534. The summed E-state index contributed by atoms with van der Waals surface area (Å²) in [5, 5.41) is 15.8. The molecule has 1 spiro atoms. The molecule has 1 N–H and O–H groups in total. The number of nitro groups is 1. The molecule has 7 nitrogen and oxygen atoms in total. The minimum atomic E-state index is -1.33. The highest BCUT2D eigenvalue weighted by Crippen LogP contribution is 2.58. The summed E-state index contributed by atoms with van der Waals surface area (Å²) in [6, 6.07) is 21.6. The van der Waals surface area contributed by atoms with E-state index in [1.165, 1.54) is 0 Å². The number of hydrogen-bond acceptors (Lipinski definition) is 5. The van der Waals surface area contributed by atoms with E-state index < -0.39 is 17.5 Å². The van der Waals surface area contributed by atoms with E-state index in [1.54, 1.807) is 0 Å². The van der Waals surface area contributed by atoms with Gasteiger partial charge in [0.2, 0.25) is 0 Å². The lowest BCUT2D eigenvalue weighted by Gasteiger charge is -2.32. The highest BCUT2D eigenvalue weighted by molar-refractivity contribution is 9.10. The number of nitrogens with zero attached hydrogens (tertiary/aromatic N) is 2. The molecular weight excluding hydrogens is 510 g/mol. The number of para-hydroxylation sites is 2. The minimum absolute atomic E-state index is 0.125. The summed E-state index contributed by atoms with van der Waals surface area (Å²) < 4.78 is 7.23. The molecular formula is C27H24BrN3O4. The Balaban J connectivity index is 1.45. The number of ether oxygens (including phenoxy) is 1. The second-order valence-corrected chi connectivity index (χ2v) is 10.3. The Hall–Kier alpha value is -3.23. The van der Waals surface area contributed by atoms with Gasteiger partial charge in [-0.15, -0.1) is 0 Å². The molecule has 35 heavy (non-hydrogen) atoms. The molecule has 3 heterocycles. The first-order valence-electron chi connectivity index (χ1n) is 11.8. The van der Waals surface area contributed by atoms with Gasteiger partial charge in [0, 0.05) is 38.8 Å². The number of anilines is 1. The molecule has 1 amide bonds. The van der Waals surface area contributed by atoms with E-state index in [0.717, 1.165) is 28.4 Å². The van der Waals surface area contributed by atoms with Crippen molar-refractivity contribution in [3.05, 3.63) is 104 Å². The third-order valence-corrected chi connectivity index (χ3v) is 8.21. The number of carbonyl (C=O) groups excluding carboxylic acids is 1. The summed E-state index contributed by atoms with van der Waals surface area (Å²) in [7, 11) is 0. The maximum absolute atomic E-state index is 13.6. The predicted octanol–water partition coefficient (Wildman–Crippen LogP) is 5.08. The highest BCUT2D eigenvalue weighted by Gasteiger charge is 2.73. The van der Waals surface area contributed by atoms with E-state index in [4.69, 9.17) is 4.74 Å². The Labute approximate surface area is 211 Å². The molecule has 0 bridgehead atoms. The van der Waals surface area contributed by atoms with Gasteiger partial charge in [0.05, 0.1) is 5.92 Å². The van der Waals surface area contributed by atoms with Gasteiger partial charge >= 0.3 is 0 Å². The van der Waals surface area contributed by atoms with Gasteiger partial charge in [-0.25, -0.2) is 0 Å². The van der Waals surface area contributed by atoms with Gasteiger partial charge in [-0.05, 0) is 42.7 Å². The zero-order chi connectivity index (χ0) is 24.2. The summed E-state index contributed by atoms with van der Waals surface area (Å²) >= 11 is 3.45. The van der Waals surface area contributed by atoms with Crippen LogP contribution in [0, 0.1) is 10.1 Å². The first-order valence-corrected chi connectivity index (χ1v) is 12.6. The van der Waals surface area contributed by atoms with E-state index >= 15 is 0 Å². The Kier molecular flexibility index (Phi) is 5.38. The molecule has 3 aromatic carbocycles. The molecule has 0 radical (unpaired) electrons. The van der Waals surface area contributed by atoms with Crippen LogP contribution in [0.4, 0.5) is 5.69 Å². The lowest BCUT2D eigenvalue weighted by Crippen LogP contribution is -2.55. The monoisotopic (exact) mass is 533 g/mol.